The SMILES string of the molecule is CC(C)(C)OC(O)CC(N)C(=O)O. The van der Waals surface area contributed by atoms with Crippen LogP contribution >= 0.6 is 0 Å². The normalized spacial score (nSPS) is 16.7. The average molecular weight is 191 g/mol. The topological polar surface area (TPSA) is 92.8 Å². The lowest BCUT2D eigenvalue weighted by atomic mass is 10.1. The Hall–Kier alpha value is -0.650. The molecule has 0 amide bonds. The summed E-state index contributed by atoms with van der Waals surface area (Å²) in [6, 6.07) is -1.09. The van der Waals surface area contributed by atoms with Crippen molar-refractivity contribution in [3.8, 4) is 0 Å². The van der Waals surface area contributed by atoms with Crippen molar-refractivity contribution in [3.05, 3.63) is 0 Å². The quantitative estimate of drug-likeness (QED) is 0.540. The van der Waals surface area contributed by atoms with Crippen LogP contribution < -0.4 is 5.73 Å². The number of nitrogens with two attached hydrogens (primary N) is 1. The second-order valence-corrected chi connectivity index (χ2v) is 3.87. The molecule has 4 N–H and O–H groups in total. The first-order valence-corrected chi connectivity index (χ1v) is 4.06. The highest BCUT2D eigenvalue weighted by molar-refractivity contribution is 5.73. The number of ether oxygens (including phenoxy) is 1. The second-order valence-electron chi connectivity index (χ2n) is 3.87. The lowest BCUT2D eigenvalue weighted by molar-refractivity contribution is -0.174. The number of carboxylic acid groups (broad SMARTS) is 1. The maximum atomic E-state index is 10.3. The van der Waals surface area contributed by atoms with Gasteiger partial charge in [0.05, 0.1) is 5.60 Å². The van der Waals surface area contributed by atoms with E-state index in [9.17, 15) is 9.90 Å². The number of hydrogen-bond donors (Lipinski definition) is 3. The summed E-state index contributed by atoms with van der Waals surface area (Å²) in [5.74, 6) is -1.14. The summed E-state index contributed by atoms with van der Waals surface area (Å²) in [5.41, 5.74) is 4.69. The van der Waals surface area contributed by atoms with Crippen LogP contribution in [0, 0.1) is 0 Å². The summed E-state index contributed by atoms with van der Waals surface area (Å²) >= 11 is 0. The van der Waals surface area contributed by atoms with Gasteiger partial charge in [0.2, 0.25) is 0 Å². The Labute approximate surface area is 77.5 Å². The van der Waals surface area contributed by atoms with Crippen molar-refractivity contribution in [3.63, 3.8) is 0 Å². The van der Waals surface area contributed by atoms with Crippen molar-refractivity contribution in [1.29, 1.82) is 0 Å². The molecule has 0 saturated carbocycles. The average Bonchev–Trinajstić information content (AvgIpc) is 1.81. The third-order valence-corrected chi connectivity index (χ3v) is 1.26. The van der Waals surface area contributed by atoms with Crippen LogP contribution in [0.3, 0.4) is 0 Å². The van der Waals surface area contributed by atoms with Crippen LogP contribution in [0.15, 0.2) is 0 Å². The molecular weight excluding hydrogens is 174 g/mol. The van der Waals surface area contributed by atoms with E-state index in [1.165, 1.54) is 0 Å². The van der Waals surface area contributed by atoms with E-state index in [1.807, 2.05) is 0 Å². The summed E-state index contributed by atoms with van der Waals surface area (Å²) in [6.07, 6.45) is -1.24. The van der Waals surface area contributed by atoms with Gasteiger partial charge in [-0.1, -0.05) is 0 Å². The fourth-order valence-electron chi connectivity index (χ4n) is 0.774. The zero-order valence-electron chi connectivity index (χ0n) is 8.15. The molecule has 0 heterocycles. The molecule has 0 rings (SSSR count). The van der Waals surface area contributed by atoms with Gasteiger partial charge in [0, 0.05) is 6.42 Å². The highest BCUT2D eigenvalue weighted by Gasteiger charge is 2.21. The van der Waals surface area contributed by atoms with Crippen molar-refractivity contribution in [2.45, 2.75) is 45.1 Å². The van der Waals surface area contributed by atoms with Crippen LogP contribution in [-0.2, 0) is 9.53 Å². The molecule has 0 fully saturated rings. The van der Waals surface area contributed by atoms with Crippen molar-refractivity contribution in [1.82, 2.24) is 0 Å². The van der Waals surface area contributed by atoms with Crippen LogP contribution in [0.25, 0.3) is 0 Å². The molecule has 0 aliphatic carbocycles. The van der Waals surface area contributed by atoms with E-state index in [4.69, 9.17) is 15.6 Å². The van der Waals surface area contributed by atoms with E-state index in [0.717, 1.165) is 0 Å². The minimum Gasteiger partial charge on any atom is -0.480 e. The monoisotopic (exact) mass is 191 g/mol. The number of carboxylic acids is 1. The van der Waals surface area contributed by atoms with E-state index in [0.29, 0.717) is 0 Å². The van der Waals surface area contributed by atoms with Gasteiger partial charge in [-0.15, -0.1) is 0 Å². The zero-order valence-corrected chi connectivity index (χ0v) is 8.15. The molecule has 5 nitrogen and oxygen atoms in total. The molecule has 0 saturated heterocycles. The van der Waals surface area contributed by atoms with Crippen molar-refractivity contribution in [2.75, 3.05) is 0 Å². The Morgan fingerprint density at radius 1 is 1.54 bits per heavy atom. The number of carbonyl (C=O) groups is 1. The van der Waals surface area contributed by atoms with Gasteiger partial charge in [-0.3, -0.25) is 4.79 Å². The maximum Gasteiger partial charge on any atom is 0.320 e. The summed E-state index contributed by atoms with van der Waals surface area (Å²) in [7, 11) is 0. The molecule has 78 valence electrons. The smallest absolute Gasteiger partial charge is 0.320 e. The van der Waals surface area contributed by atoms with Crippen LogP contribution in [0.2, 0.25) is 0 Å². The molecule has 0 aromatic rings. The molecule has 2 unspecified atom stereocenters. The first-order chi connectivity index (χ1) is 5.72. The van der Waals surface area contributed by atoms with Crippen molar-refractivity contribution >= 4 is 5.97 Å². The molecule has 13 heavy (non-hydrogen) atoms. The molecule has 0 aliphatic rings. The fourth-order valence-corrected chi connectivity index (χ4v) is 0.774. The first-order valence-electron chi connectivity index (χ1n) is 4.06. The summed E-state index contributed by atoms with van der Waals surface area (Å²) in [5, 5.41) is 17.7. The van der Waals surface area contributed by atoms with Crippen LogP contribution in [0.1, 0.15) is 27.2 Å². The van der Waals surface area contributed by atoms with Crippen LogP contribution in [0.5, 0.6) is 0 Å². The summed E-state index contributed by atoms with van der Waals surface area (Å²) in [4.78, 5) is 10.3. The molecule has 2 atom stereocenters. The van der Waals surface area contributed by atoms with E-state index in [2.05, 4.69) is 0 Å². The third-order valence-electron chi connectivity index (χ3n) is 1.26. The fraction of sp³-hybridized carbons (Fsp3) is 0.875. The molecule has 0 bridgehead atoms. The van der Waals surface area contributed by atoms with Crippen LogP contribution in [0.4, 0.5) is 0 Å². The van der Waals surface area contributed by atoms with Gasteiger partial charge in [0.25, 0.3) is 0 Å². The van der Waals surface area contributed by atoms with Gasteiger partial charge in [0.1, 0.15) is 6.04 Å². The number of aliphatic hydroxyl groups excluding tert-OH is 1. The number of hydrogen-bond acceptors (Lipinski definition) is 4. The Morgan fingerprint density at radius 3 is 2.31 bits per heavy atom. The first kappa shape index (κ1) is 12.3. The van der Waals surface area contributed by atoms with Crippen molar-refractivity contribution < 1.29 is 19.7 Å². The van der Waals surface area contributed by atoms with E-state index in [-0.39, 0.29) is 6.42 Å². The molecule has 0 aliphatic heterocycles. The Kier molecular flexibility index (Phi) is 4.32. The lowest BCUT2D eigenvalue weighted by Crippen LogP contribution is -2.37. The third kappa shape index (κ3) is 6.51. The molecule has 5 heteroatoms. The molecule has 0 aromatic heterocycles. The molecular formula is C8H17NO4. The van der Waals surface area contributed by atoms with E-state index >= 15 is 0 Å². The van der Waals surface area contributed by atoms with Gasteiger partial charge in [-0.25, -0.2) is 0 Å². The number of aliphatic carboxylic acids is 1. The van der Waals surface area contributed by atoms with Crippen LogP contribution in [-0.4, -0.2) is 34.1 Å². The number of rotatable bonds is 4. The zero-order chi connectivity index (χ0) is 10.6. The number of aliphatic hydroxyl groups is 1. The molecule has 0 spiro atoms. The largest absolute Gasteiger partial charge is 0.480 e. The maximum absolute atomic E-state index is 10.3. The Morgan fingerprint density at radius 2 is 2.00 bits per heavy atom. The molecule has 0 radical (unpaired) electrons. The summed E-state index contributed by atoms with van der Waals surface area (Å²) in [6.45, 7) is 5.30. The second kappa shape index (κ2) is 4.55. The van der Waals surface area contributed by atoms with Gasteiger partial charge >= 0.3 is 5.97 Å². The summed E-state index contributed by atoms with van der Waals surface area (Å²) < 4.78 is 5.07. The Bertz CT molecular complexity index is 175. The van der Waals surface area contributed by atoms with Gasteiger partial charge in [0.15, 0.2) is 6.29 Å². The predicted molar refractivity (Wildman–Crippen MR) is 47.1 cm³/mol. The van der Waals surface area contributed by atoms with Crippen molar-refractivity contribution in [2.24, 2.45) is 5.73 Å². The highest BCUT2D eigenvalue weighted by atomic mass is 16.6. The van der Waals surface area contributed by atoms with Gasteiger partial charge in [-0.05, 0) is 20.8 Å². The Balaban J connectivity index is 3.88. The molecule has 0 aromatic carbocycles. The van der Waals surface area contributed by atoms with E-state index in [1.54, 1.807) is 20.8 Å². The standard InChI is InChI=1S/C8H17NO4/c1-8(2,3)13-6(10)4-5(9)7(11)12/h5-6,10H,4,9H2,1-3H3,(H,11,12). The van der Waals surface area contributed by atoms with Gasteiger partial charge < -0.3 is 20.7 Å². The minimum absolute atomic E-state index is 0.105. The predicted octanol–water partition coefficient (Wildman–Crippen LogP) is -0.0781. The van der Waals surface area contributed by atoms with E-state index < -0.39 is 23.9 Å². The minimum atomic E-state index is -1.14. The van der Waals surface area contributed by atoms with Gasteiger partial charge in [-0.2, -0.15) is 0 Å². The lowest BCUT2D eigenvalue weighted by Gasteiger charge is -2.24. The highest BCUT2D eigenvalue weighted by Crippen LogP contribution is 2.11.